The van der Waals surface area contributed by atoms with Crippen molar-refractivity contribution in [3.8, 4) is 0 Å². The van der Waals surface area contributed by atoms with Gasteiger partial charge in [-0.3, -0.25) is 0 Å². The van der Waals surface area contributed by atoms with E-state index in [4.69, 9.17) is 0 Å². The second-order valence-electron chi connectivity index (χ2n) is 4.35. The van der Waals surface area contributed by atoms with Crippen LogP contribution in [0.1, 0.15) is 18.1 Å². The minimum absolute atomic E-state index is 0.200. The number of rotatable bonds is 2. The van der Waals surface area contributed by atoms with E-state index < -0.39 is 34.4 Å². The molecule has 0 spiro atoms. The van der Waals surface area contributed by atoms with E-state index in [1.54, 1.807) is 0 Å². The fourth-order valence-electron chi connectivity index (χ4n) is 1.86. The van der Waals surface area contributed by atoms with Gasteiger partial charge < -0.3 is 5.11 Å². The van der Waals surface area contributed by atoms with Crippen LogP contribution in [0.4, 0.5) is 17.6 Å². The second-order valence-corrected chi connectivity index (χ2v) is 4.35. The molecule has 0 fully saturated rings. The van der Waals surface area contributed by atoms with E-state index in [-0.39, 0.29) is 5.56 Å². The monoisotopic (exact) mass is 270 g/mol. The van der Waals surface area contributed by atoms with E-state index in [0.29, 0.717) is 6.07 Å². The first-order chi connectivity index (χ1) is 8.80. The molecule has 1 unspecified atom stereocenters. The number of hydrogen-bond acceptors (Lipinski definition) is 1. The molecule has 100 valence electrons. The summed E-state index contributed by atoms with van der Waals surface area (Å²) >= 11 is 0. The molecular formula is C14H10F4O. The lowest BCUT2D eigenvalue weighted by Gasteiger charge is -2.25. The normalized spacial score (nSPS) is 14.2. The van der Waals surface area contributed by atoms with Crippen LogP contribution in [-0.4, -0.2) is 5.11 Å². The maximum Gasteiger partial charge on any atom is 0.129 e. The van der Waals surface area contributed by atoms with Gasteiger partial charge in [0.1, 0.15) is 28.9 Å². The van der Waals surface area contributed by atoms with Crippen LogP contribution in [-0.2, 0) is 5.60 Å². The molecule has 0 aliphatic carbocycles. The Bertz CT molecular complexity index is 603. The van der Waals surface area contributed by atoms with Gasteiger partial charge in [-0.25, -0.2) is 17.6 Å². The molecule has 2 aromatic rings. The third kappa shape index (κ3) is 2.61. The topological polar surface area (TPSA) is 20.2 Å². The SMILES string of the molecule is CC(O)(c1cc(F)cc(F)c1)c1cc(F)ccc1F. The average Bonchev–Trinajstić information content (AvgIpc) is 2.31. The largest absolute Gasteiger partial charge is 0.381 e. The Morgan fingerprint density at radius 3 is 2.00 bits per heavy atom. The standard InChI is InChI=1S/C14H10F4O/c1-14(19,8-4-10(16)6-11(17)5-8)12-7-9(15)2-3-13(12)18/h2-7,19H,1H3. The first-order valence-corrected chi connectivity index (χ1v) is 5.45. The van der Waals surface area contributed by atoms with Crippen molar-refractivity contribution >= 4 is 0 Å². The van der Waals surface area contributed by atoms with Crippen molar-refractivity contribution < 1.29 is 22.7 Å². The van der Waals surface area contributed by atoms with Crippen LogP contribution in [0.2, 0.25) is 0 Å². The minimum Gasteiger partial charge on any atom is -0.381 e. The number of hydrogen-bond donors (Lipinski definition) is 1. The van der Waals surface area contributed by atoms with E-state index >= 15 is 0 Å². The van der Waals surface area contributed by atoms with Crippen LogP contribution in [0.15, 0.2) is 36.4 Å². The van der Waals surface area contributed by atoms with Crippen LogP contribution >= 0.6 is 0 Å². The minimum atomic E-state index is -2.05. The molecule has 0 amide bonds. The van der Waals surface area contributed by atoms with Gasteiger partial charge in [0.25, 0.3) is 0 Å². The fraction of sp³-hybridized carbons (Fsp3) is 0.143. The molecule has 1 N–H and O–H groups in total. The van der Waals surface area contributed by atoms with Gasteiger partial charge in [0.15, 0.2) is 0 Å². The Kier molecular flexibility index (Phi) is 3.32. The van der Waals surface area contributed by atoms with E-state index in [1.165, 1.54) is 0 Å². The highest BCUT2D eigenvalue weighted by molar-refractivity contribution is 5.36. The highest BCUT2D eigenvalue weighted by atomic mass is 19.1. The summed E-state index contributed by atoms with van der Waals surface area (Å²) in [4.78, 5) is 0. The number of aliphatic hydroxyl groups is 1. The summed E-state index contributed by atoms with van der Waals surface area (Å²) in [5, 5.41) is 10.3. The zero-order valence-electron chi connectivity index (χ0n) is 9.92. The summed E-state index contributed by atoms with van der Waals surface area (Å²) < 4.78 is 53.0. The summed E-state index contributed by atoms with van der Waals surface area (Å²) in [6.07, 6.45) is 0. The van der Waals surface area contributed by atoms with Crippen molar-refractivity contribution in [2.75, 3.05) is 0 Å². The Morgan fingerprint density at radius 1 is 0.842 bits per heavy atom. The Balaban J connectivity index is 2.60. The third-order valence-electron chi connectivity index (χ3n) is 2.88. The molecule has 0 aliphatic heterocycles. The highest BCUT2D eigenvalue weighted by Gasteiger charge is 2.30. The van der Waals surface area contributed by atoms with E-state index in [9.17, 15) is 22.7 Å². The van der Waals surface area contributed by atoms with Crippen molar-refractivity contribution in [1.29, 1.82) is 0 Å². The maximum absolute atomic E-state index is 13.6. The smallest absolute Gasteiger partial charge is 0.129 e. The number of benzene rings is 2. The summed E-state index contributed by atoms with van der Waals surface area (Å²) in [6, 6.07) is 4.89. The lowest BCUT2D eigenvalue weighted by atomic mass is 9.87. The second kappa shape index (κ2) is 4.66. The van der Waals surface area contributed by atoms with E-state index in [0.717, 1.165) is 37.3 Å². The molecule has 0 bridgehead atoms. The summed E-state index contributed by atoms with van der Waals surface area (Å²) in [7, 11) is 0. The zero-order chi connectivity index (χ0) is 14.2. The summed E-state index contributed by atoms with van der Waals surface area (Å²) in [5.41, 5.74) is -2.64. The van der Waals surface area contributed by atoms with Gasteiger partial charge in [0.2, 0.25) is 0 Å². The van der Waals surface area contributed by atoms with Crippen LogP contribution < -0.4 is 0 Å². The Labute approximate surface area is 107 Å². The van der Waals surface area contributed by atoms with Crippen molar-refractivity contribution in [3.63, 3.8) is 0 Å². The Morgan fingerprint density at radius 2 is 1.42 bits per heavy atom. The lowest BCUT2D eigenvalue weighted by Crippen LogP contribution is -2.25. The molecule has 19 heavy (non-hydrogen) atoms. The summed E-state index contributed by atoms with van der Waals surface area (Å²) in [6.45, 7) is 1.14. The van der Waals surface area contributed by atoms with Crippen LogP contribution in [0.5, 0.6) is 0 Å². The summed E-state index contributed by atoms with van der Waals surface area (Å²) in [5.74, 6) is -3.44. The van der Waals surface area contributed by atoms with Gasteiger partial charge >= 0.3 is 0 Å². The molecule has 1 atom stereocenters. The van der Waals surface area contributed by atoms with Crippen LogP contribution in [0.3, 0.4) is 0 Å². The van der Waals surface area contributed by atoms with Crippen LogP contribution in [0.25, 0.3) is 0 Å². The quantitative estimate of drug-likeness (QED) is 0.828. The molecule has 5 heteroatoms. The zero-order valence-corrected chi connectivity index (χ0v) is 9.92. The van der Waals surface area contributed by atoms with Gasteiger partial charge in [-0.1, -0.05) is 0 Å². The lowest BCUT2D eigenvalue weighted by molar-refractivity contribution is 0.0967. The van der Waals surface area contributed by atoms with Crippen LogP contribution in [0, 0.1) is 23.3 Å². The van der Waals surface area contributed by atoms with Crippen molar-refractivity contribution in [2.24, 2.45) is 0 Å². The van der Waals surface area contributed by atoms with Crippen molar-refractivity contribution in [3.05, 3.63) is 70.8 Å². The molecule has 0 aromatic heterocycles. The third-order valence-corrected chi connectivity index (χ3v) is 2.88. The molecular weight excluding hydrogens is 260 g/mol. The van der Waals surface area contributed by atoms with Gasteiger partial charge in [-0.05, 0) is 42.8 Å². The predicted octanol–water partition coefficient (Wildman–Crippen LogP) is 3.50. The first-order valence-electron chi connectivity index (χ1n) is 5.45. The van der Waals surface area contributed by atoms with Crippen molar-refractivity contribution in [1.82, 2.24) is 0 Å². The van der Waals surface area contributed by atoms with Gasteiger partial charge in [0.05, 0.1) is 0 Å². The molecule has 2 rings (SSSR count). The molecule has 0 radical (unpaired) electrons. The maximum atomic E-state index is 13.6. The molecule has 0 aliphatic rings. The average molecular weight is 270 g/mol. The number of halogens is 4. The molecule has 0 heterocycles. The van der Waals surface area contributed by atoms with Gasteiger partial charge in [0, 0.05) is 11.6 Å². The predicted molar refractivity (Wildman–Crippen MR) is 61.4 cm³/mol. The highest BCUT2D eigenvalue weighted by Crippen LogP contribution is 2.32. The van der Waals surface area contributed by atoms with Crippen molar-refractivity contribution in [2.45, 2.75) is 12.5 Å². The molecule has 2 aromatic carbocycles. The Hall–Kier alpha value is -1.88. The first kappa shape index (κ1) is 13.5. The molecule has 0 saturated heterocycles. The van der Waals surface area contributed by atoms with Gasteiger partial charge in [-0.2, -0.15) is 0 Å². The fourth-order valence-corrected chi connectivity index (χ4v) is 1.86. The molecule has 1 nitrogen and oxygen atoms in total. The molecule has 0 saturated carbocycles. The van der Waals surface area contributed by atoms with E-state index in [2.05, 4.69) is 0 Å². The van der Waals surface area contributed by atoms with E-state index in [1.807, 2.05) is 0 Å². The van der Waals surface area contributed by atoms with Gasteiger partial charge in [-0.15, -0.1) is 0 Å².